The lowest BCUT2D eigenvalue weighted by Crippen LogP contribution is -1.94. The molecule has 20 heavy (non-hydrogen) atoms. The van der Waals surface area contributed by atoms with Gasteiger partial charge in [0.15, 0.2) is 0 Å². The summed E-state index contributed by atoms with van der Waals surface area (Å²) < 4.78 is 12.3. The van der Waals surface area contributed by atoms with E-state index in [1.165, 1.54) is 21.2 Å². The fourth-order valence-corrected chi connectivity index (χ4v) is 3.24. The van der Waals surface area contributed by atoms with E-state index >= 15 is 0 Å². The zero-order valence-corrected chi connectivity index (χ0v) is 12.4. The zero-order chi connectivity index (χ0) is 13.9. The van der Waals surface area contributed by atoms with E-state index in [1.54, 1.807) is 18.4 Å². The van der Waals surface area contributed by atoms with Crippen molar-refractivity contribution < 1.29 is 9.47 Å². The number of hydrogen-bond acceptors (Lipinski definition) is 3. The fraction of sp³-hybridized carbons (Fsp3) is 0.176. The van der Waals surface area contributed by atoms with Crippen molar-refractivity contribution in [1.82, 2.24) is 0 Å². The van der Waals surface area contributed by atoms with Crippen molar-refractivity contribution in [2.45, 2.75) is 13.5 Å². The minimum absolute atomic E-state index is 0.593. The third-order valence-electron chi connectivity index (χ3n) is 3.33. The molecule has 0 saturated heterocycles. The van der Waals surface area contributed by atoms with Crippen LogP contribution in [0.2, 0.25) is 0 Å². The van der Waals surface area contributed by atoms with Gasteiger partial charge in [0.05, 0.1) is 7.11 Å². The van der Waals surface area contributed by atoms with E-state index < -0.39 is 0 Å². The second-order valence-corrected chi connectivity index (χ2v) is 5.56. The Hall–Kier alpha value is -2.00. The molecule has 0 radical (unpaired) electrons. The van der Waals surface area contributed by atoms with Crippen LogP contribution in [0.15, 0.2) is 47.8 Å². The summed E-state index contributed by atoms with van der Waals surface area (Å²) in [7, 11) is 1.66. The van der Waals surface area contributed by atoms with Gasteiger partial charge >= 0.3 is 0 Å². The molecular weight excluding hydrogens is 268 g/mol. The van der Waals surface area contributed by atoms with E-state index in [0.29, 0.717) is 6.61 Å². The Morgan fingerprint density at radius 1 is 1.00 bits per heavy atom. The summed E-state index contributed by atoms with van der Waals surface area (Å²) in [6.45, 7) is 2.74. The van der Waals surface area contributed by atoms with Gasteiger partial charge in [0.1, 0.15) is 18.1 Å². The van der Waals surface area contributed by atoms with Crippen molar-refractivity contribution in [3.63, 3.8) is 0 Å². The Bertz CT molecular complexity index is 713. The molecule has 2 aromatic carbocycles. The molecule has 0 spiro atoms. The molecule has 3 rings (SSSR count). The van der Waals surface area contributed by atoms with E-state index in [4.69, 9.17) is 9.47 Å². The predicted octanol–water partition coefficient (Wildman–Crippen LogP) is 4.80. The van der Waals surface area contributed by atoms with Gasteiger partial charge < -0.3 is 9.47 Å². The van der Waals surface area contributed by atoms with Crippen LogP contribution in [-0.2, 0) is 6.61 Å². The van der Waals surface area contributed by atoms with E-state index in [1.807, 2.05) is 24.3 Å². The van der Waals surface area contributed by atoms with Crippen LogP contribution < -0.4 is 9.47 Å². The molecule has 102 valence electrons. The SMILES string of the molecule is COc1ccc(OCc2csc3c(C)cccc23)cc1. The molecule has 0 aliphatic carbocycles. The summed E-state index contributed by atoms with van der Waals surface area (Å²) in [4.78, 5) is 0. The first-order chi connectivity index (χ1) is 9.78. The fourth-order valence-electron chi connectivity index (χ4n) is 2.20. The normalized spacial score (nSPS) is 10.7. The molecular formula is C17H16O2S. The minimum atomic E-state index is 0.593. The molecule has 0 atom stereocenters. The molecule has 0 saturated carbocycles. The van der Waals surface area contributed by atoms with Crippen LogP contribution in [-0.4, -0.2) is 7.11 Å². The van der Waals surface area contributed by atoms with Crippen LogP contribution in [0.25, 0.3) is 10.1 Å². The molecule has 0 aliphatic heterocycles. The second kappa shape index (κ2) is 5.55. The maximum Gasteiger partial charge on any atom is 0.120 e. The van der Waals surface area contributed by atoms with Crippen molar-refractivity contribution >= 4 is 21.4 Å². The third kappa shape index (κ3) is 2.49. The van der Waals surface area contributed by atoms with Gasteiger partial charge in [0.25, 0.3) is 0 Å². The van der Waals surface area contributed by atoms with Gasteiger partial charge in [-0.1, -0.05) is 18.2 Å². The van der Waals surface area contributed by atoms with Gasteiger partial charge in [-0.25, -0.2) is 0 Å². The highest BCUT2D eigenvalue weighted by Crippen LogP contribution is 2.29. The van der Waals surface area contributed by atoms with Crippen LogP contribution >= 0.6 is 11.3 Å². The summed E-state index contributed by atoms with van der Waals surface area (Å²) in [5.41, 5.74) is 2.56. The van der Waals surface area contributed by atoms with Crippen molar-refractivity contribution in [1.29, 1.82) is 0 Å². The Morgan fingerprint density at radius 3 is 2.50 bits per heavy atom. The number of methoxy groups -OCH3 is 1. The number of aryl methyl sites for hydroxylation is 1. The maximum atomic E-state index is 5.85. The molecule has 1 aromatic heterocycles. The summed E-state index contributed by atoms with van der Waals surface area (Å²) in [6.07, 6.45) is 0. The van der Waals surface area contributed by atoms with Crippen LogP contribution in [0.4, 0.5) is 0 Å². The van der Waals surface area contributed by atoms with Crippen molar-refractivity contribution in [3.05, 3.63) is 59.0 Å². The topological polar surface area (TPSA) is 18.5 Å². The molecule has 0 fully saturated rings. The third-order valence-corrected chi connectivity index (χ3v) is 4.51. The second-order valence-electron chi connectivity index (χ2n) is 4.68. The lowest BCUT2D eigenvalue weighted by Gasteiger charge is -2.06. The van der Waals surface area contributed by atoms with Gasteiger partial charge in [0, 0.05) is 10.3 Å². The highest BCUT2D eigenvalue weighted by Gasteiger charge is 2.06. The summed E-state index contributed by atoms with van der Waals surface area (Å²) >= 11 is 1.78. The Morgan fingerprint density at radius 2 is 1.75 bits per heavy atom. The van der Waals surface area contributed by atoms with Crippen LogP contribution in [0.5, 0.6) is 11.5 Å². The van der Waals surface area contributed by atoms with E-state index in [0.717, 1.165) is 11.5 Å². The summed E-state index contributed by atoms with van der Waals surface area (Å²) in [6, 6.07) is 14.1. The molecule has 0 N–H and O–H groups in total. The van der Waals surface area contributed by atoms with Gasteiger partial charge in [-0.2, -0.15) is 0 Å². The highest BCUT2D eigenvalue weighted by molar-refractivity contribution is 7.17. The maximum absolute atomic E-state index is 5.85. The average molecular weight is 284 g/mol. The van der Waals surface area contributed by atoms with Crippen LogP contribution in [0.3, 0.4) is 0 Å². The standard InChI is InChI=1S/C17H16O2S/c1-12-4-3-5-16-13(11-20-17(12)16)10-19-15-8-6-14(18-2)7-9-15/h3-9,11H,10H2,1-2H3. The van der Waals surface area contributed by atoms with Gasteiger partial charge in [-0.05, 0) is 47.5 Å². The number of fused-ring (bicyclic) bond motifs is 1. The molecule has 3 aromatic rings. The summed E-state index contributed by atoms with van der Waals surface area (Å²) in [5, 5.41) is 3.48. The predicted molar refractivity (Wildman–Crippen MR) is 83.9 cm³/mol. The van der Waals surface area contributed by atoms with Gasteiger partial charge in [-0.3, -0.25) is 0 Å². The van der Waals surface area contributed by atoms with Crippen LogP contribution in [0.1, 0.15) is 11.1 Å². The highest BCUT2D eigenvalue weighted by atomic mass is 32.1. The van der Waals surface area contributed by atoms with E-state index in [-0.39, 0.29) is 0 Å². The van der Waals surface area contributed by atoms with Gasteiger partial charge in [0.2, 0.25) is 0 Å². The molecule has 0 bridgehead atoms. The molecule has 0 amide bonds. The van der Waals surface area contributed by atoms with Crippen molar-refractivity contribution in [2.24, 2.45) is 0 Å². The largest absolute Gasteiger partial charge is 0.497 e. The van der Waals surface area contributed by atoms with Gasteiger partial charge in [-0.15, -0.1) is 11.3 Å². The molecule has 0 unspecified atom stereocenters. The van der Waals surface area contributed by atoms with E-state index in [2.05, 4.69) is 30.5 Å². The number of rotatable bonds is 4. The van der Waals surface area contributed by atoms with Crippen LogP contribution in [0, 0.1) is 6.92 Å². The molecule has 0 aliphatic rings. The Kier molecular flexibility index (Phi) is 3.61. The first kappa shape index (κ1) is 13.0. The number of hydrogen-bond donors (Lipinski definition) is 0. The summed E-state index contributed by atoms with van der Waals surface area (Å²) in [5.74, 6) is 1.70. The Balaban J connectivity index is 1.78. The smallest absolute Gasteiger partial charge is 0.120 e. The van der Waals surface area contributed by atoms with Crippen molar-refractivity contribution in [2.75, 3.05) is 7.11 Å². The monoisotopic (exact) mass is 284 g/mol. The molecule has 2 nitrogen and oxygen atoms in total. The zero-order valence-electron chi connectivity index (χ0n) is 11.6. The first-order valence-corrected chi connectivity index (χ1v) is 7.38. The molecule has 3 heteroatoms. The Labute approximate surface area is 122 Å². The first-order valence-electron chi connectivity index (χ1n) is 6.50. The number of thiophene rings is 1. The number of ether oxygens (including phenoxy) is 2. The quantitative estimate of drug-likeness (QED) is 0.685. The average Bonchev–Trinajstić information content (AvgIpc) is 2.90. The van der Waals surface area contributed by atoms with Crippen molar-refractivity contribution in [3.8, 4) is 11.5 Å². The minimum Gasteiger partial charge on any atom is -0.497 e. The molecule has 1 heterocycles. The lowest BCUT2D eigenvalue weighted by atomic mass is 10.1. The number of benzene rings is 2. The lowest BCUT2D eigenvalue weighted by molar-refractivity contribution is 0.307. The van der Waals surface area contributed by atoms with E-state index in [9.17, 15) is 0 Å².